The molecule has 7 heteroatoms. The van der Waals surface area contributed by atoms with Gasteiger partial charge in [0.25, 0.3) is 0 Å². The molecule has 2 aromatic carbocycles. The molecule has 7 nitrogen and oxygen atoms in total. The van der Waals surface area contributed by atoms with Gasteiger partial charge in [-0.05, 0) is 37.1 Å². The zero-order chi connectivity index (χ0) is 19.3. The number of hydrogen-bond acceptors (Lipinski definition) is 4. The molecule has 0 saturated heterocycles. The molecule has 0 unspecified atom stereocenters. The first-order valence-electron chi connectivity index (χ1n) is 9.37. The van der Waals surface area contributed by atoms with Crippen molar-refractivity contribution in [2.75, 3.05) is 6.54 Å². The van der Waals surface area contributed by atoms with Gasteiger partial charge < -0.3 is 19.9 Å². The topological polar surface area (TPSA) is 85.2 Å². The average molecular weight is 378 g/mol. The predicted molar refractivity (Wildman–Crippen MR) is 105 cm³/mol. The Bertz CT molecular complexity index is 980. The van der Waals surface area contributed by atoms with Crippen molar-refractivity contribution in [3.8, 4) is 5.75 Å². The van der Waals surface area contributed by atoms with Crippen LogP contribution in [0.1, 0.15) is 18.7 Å². The second-order valence-corrected chi connectivity index (χ2v) is 6.82. The minimum Gasteiger partial charge on any atom is -0.486 e. The van der Waals surface area contributed by atoms with Crippen LogP contribution in [0.4, 0.5) is 0 Å². The molecule has 1 heterocycles. The van der Waals surface area contributed by atoms with Gasteiger partial charge >= 0.3 is 0 Å². The first-order chi connectivity index (χ1) is 13.7. The number of nitrogens with one attached hydrogen (secondary N) is 2. The third kappa shape index (κ3) is 4.49. The number of fused-ring (bicyclic) bond motifs is 1. The molecule has 1 aliphatic carbocycles. The van der Waals surface area contributed by atoms with Crippen molar-refractivity contribution in [3.05, 3.63) is 60.4 Å². The lowest BCUT2D eigenvalue weighted by Crippen LogP contribution is -2.39. The van der Waals surface area contributed by atoms with Crippen LogP contribution in [0.2, 0.25) is 0 Å². The Hall–Kier alpha value is -3.35. The monoisotopic (exact) mass is 378 g/mol. The standard InChI is InChI=1S/C21H22N4O3/c26-20(23-15-10-11-15)12-22-21(27)13-25-18-9-5-4-8-17(18)24-19(25)14-28-16-6-2-1-3-7-16/h1-9,15H,10-14H2,(H,22,27)(H,23,26). The number of imidazole rings is 1. The molecule has 1 fully saturated rings. The van der Waals surface area contributed by atoms with Crippen LogP contribution in [-0.2, 0) is 22.7 Å². The van der Waals surface area contributed by atoms with Crippen molar-refractivity contribution in [2.24, 2.45) is 0 Å². The van der Waals surface area contributed by atoms with Crippen LogP contribution in [0, 0.1) is 0 Å². The highest BCUT2D eigenvalue weighted by Crippen LogP contribution is 2.19. The van der Waals surface area contributed by atoms with E-state index in [-0.39, 0.29) is 37.6 Å². The molecule has 0 radical (unpaired) electrons. The van der Waals surface area contributed by atoms with Crippen LogP contribution in [0.15, 0.2) is 54.6 Å². The number of nitrogens with zero attached hydrogens (tertiary/aromatic N) is 2. The molecular weight excluding hydrogens is 356 g/mol. The van der Waals surface area contributed by atoms with E-state index >= 15 is 0 Å². The Labute approximate surface area is 162 Å². The van der Waals surface area contributed by atoms with E-state index in [1.807, 2.05) is 59.2 Å². The number of amides is 2. The molecule has 2 N–H and O–H groups in total. The zero-order valence-electron chi connectivity index (χ0n) is 15.4. The maximum Gasteiger partial charge on any atom is 0.240 e. The van der Waals surface area contributed by atoms with Crippen molar-refractivity contribution in [2.45, 2.75) is 32.0 Å². The Balaban J connectivity index is 1.44. The third-order valence-electron chi connectivity index (χ3n) is 4.54. The Morgan fingerprint density at radius 3 is 2.57 bits per heavy atom. The number of ether oxygens (including phenoxy) is 1. The fraction of sp³-hybridized carbons (Fsp3) is 0.286. The van der Waals surface area contributed by atoms with Gasteiger partial charge in [0.15, 0.2) is 0 Å². The van der Waals surface area contributed by atoms with Gasteiger partial charge in [-0.3, -0.25) is 9.59 Å². The minimum absolute atomic E-state index is 0.0161. The van der Waals surface area contributed by atoms with E-state index in [1.54, 1.807) is 0 Å². The average Bonchev–Trinajstić information content (AvgIpc) is 3.46. The summed E-state index contributed by atoms with van der Waals surface area (Å²) in [6, 6.07) is 17.4. The van der Waals surface area contributed by atoms with Gasteiger partial charge in [-0.25, -0.2) is 4.98 Å². The molecule has 1 aliphatic rings. The van der Waals surface area contributed by atoms with Crippen molar-refractivity contribution in [3.63, 3.8) is 0 Å². The van der Waals surface area contributed by atoms with Gasteiger partial charge in [-0.15, -0.1) is 0 Å². The van der Waals surface area contributed by atoms with Crippen molar-refractivity contribution < 1.29 is 14.3 Å². The number of benzene rings is 2. The lowest BCUT2D eigenvalue weighted by Gasteiger charge is -2.11. The van der Waals surface area contributed by atoms with Gasteiger partial charge in [-0.2, -0.15) is 0 Å². The van der Waals surface area contributed by atoms with E-state index in [2.05, 4.69) is 15.6 Å². The summed E-state index contributed by atoms with van der Waals surface area (Å²) >= 11 is 0. The lowest BCUT2D eigenvalue weighted by molar-refractivity contribution is -0.126. The van der Waals surface area contributed by atoms with E-state index in [0.29, 0.717) is 5.82 Å². The molecule has 1 saturated carbocycles. The molecule has 0 aliphatic heterocycles. The molecular formula is C21H22N4O3. The third-order valence-corrected chi connectivity index (χ3v) is 4.54. The summed E-state index contributed by atoms with van der Waals surface area (Å²) in [5, 5.41) is 5.53. The zero-order valence-corrected chi connectivity index (χ0v) is 15.4. The highest BCUT2D eigenvalue weighted by molar-refractivity contribution is 5.86. The van der Waals surface area contributed by atoms with Gasteiger partial charge in [0.1, 0.15) is 24.7 Å². The number of carbonyl (C=O) groups is 2. The number of rotatable bonds is 8. The number of hydrogen-bond donors (Lipinski definition) is 2. The Kier molecular flexibility index (Phi) is 5.23. The van der Waals surface area contributed by atoms with Crippen molar-refractivity contribution >= 4 is 22.8 Å². The molecule has 0 spiro atoms. The van der Waals surface area contributed by atoms with E-state index in [4.69, 9.17) is 4.74 Å². The highest BCUT2D eigenvalue weighted by atomic mass is 16.5. The molecule has 144 valence electrons. The number of para-hydroxylation sites is 3. The van der Waals surface area contributed by atoms with E-state index in [9.17, 15) is 9.59 Å². The summed E-state index contributed by atoms with van der Waals surface area (Å²) in [6.45, 7) is 0.302. The number of aromatic nitrogens is 2. The summed E-state index contributed by atoms with van der Waals surface area (Å²) in [6.07, 6.45) is 2.04. The molecule has 4 rings (SSSR count). The molecule has 0 bridgehead atoms. The fourth-order valence-corrected chi connectivity index (χ4v) is 2.96. The SMILES string of the molecule is O=C(Cn1c(COc2ccccc2)nc2ccccc21)NCC(=O)NC1CC1. The molecule has 0 atom stereocenters. The Morgan fingerprint density at radius 2 is 1.79 bits per heavy atom. The lowest BCUT2D eigenvalue weighted by atomic mass is 10.3. The summed E-state index contributed by atoms with van der Waals surface area (Å²) in [4.78, 5) is 28.8. The van der Waals surface area contributed by atoms with Crippen molar-refractivity contribution in [1.82, 2.24) is 20.2 Å². The summed E-state index contributed by atoms with van der Waals surface area (Å²) in [5.74, 6) is 0.999. The normalized spacial score (nSPS) is 13.3. The smallest absolute Gasteiger partial charge is 0.240 e. The van der Waals surface area contributed by atoms with Crippen LogP contribution in [-0.4, -0.2) is 34.0 Å². The second-order valence-electron chi connectivity index (χ2n) is 6.82. The summed E-state index contributed by atoms with van der Waals surface area (Å²) < 4.78 is 7.64. The van der Waals surface area contributed by atoms with E-state index in [1.165, 1.54) is 0 Å². The quantitative estimate of drug-likeness (QED) is 0.628. The Morgan fingerprint density at radius 1 is 1.04 bits per heavy atom. The summed E-state index contributed by atoms with van der Waals surface area (Å²) in [5.41, 5.74) is 1.65. The minimum atomic E-state index is -0.241. The molecule has 28 heavy (non-hydrogen) atoms. The van der Waals surface area contributed by atoms with Crippen molar-refractivity contribution in [1.29, 1.82) is 0 Å². The van der Waals surface area contributed by atoms with Crippen LogP contribution < -0.4 is 15.4 Å². The van der Waals surface area contributed by atoms with Gasteiger partial charge in [0, 0.05) is 6.04 Å². The first-order valence-corrected chi connectivity index (χ1v) is 9.37. The fourth-order valence-electron chi connectivity index (χ4n) is 2.96. The maximum absolute atomic E-state index is 12.4. The van der Waals surface area contributed by atoms with E-state index in [0.717, 1.165) is 29.6 Å². The largest absolute Gasteiger partial charge is 0.486 e. The maximum atomic E-state index is 12.4. The second kappa shape index (κ2) is 8.12. The van der Waals surface area contributed by atoms with Crippen LogP contribution >= 0.6 is 0 Å². The van der Waals surface area contributed by atoms with E-state index < -0.39 is 0 Å². The van der Waals surface area contributed by atoms with Gasteiger partial charge in [0.2, 0.25) is 11.8 Å². The van der Waals surface area contributed by atoms with Crippen LogP contribution in [0.25, 0.3) is 11.0 Å². The number of carbonyl (C=O) groups excluding carboxylic acids is 2. The summed E-state index contributed by atoms with van der Waals surface area (Å²) in [7, 11) is 0. The molecule has 3 aromatic rings. The van der Waals surface area contributed by atoms with Gasteiger partial charge in [-0.1, -0.05) is 30.3 Å². The van der Waals surface area contributed by atoms with Gasteiger partial charge in [0.05, 0.1) is 17.6 Å². The van der Waals surface area contributed by atoms with Crippen LogP contribution in [0.5, 0.6) is 5.75 Å². The highest BCUT2D eigenvalue weighted by Gasteiger charge is 2.23. The molecule has 1 aromatic heterocycles. The first kappa shape index (κ1) is 18.0. The predicted octanol–water partition coefficient (Wildman–Crippen LogP) is 2.01. The molecule has 2 amide bonds. The van der Waals surface area contributed by atoms with Crippen LogP contribution in [0.3, 0.4) is 0 Å².